The number of aryl methyl sites for hydroxylation is 3. The molecular weight excluding hydrogens is 412 g/mol. The fourth-order valence-electron chi connectivity index (χ4n) is 4.26. The molecule has 3 aromatic heterocycles. The van der Waals surface area contributed by atoms with Gasteiger partial charge in [0.05, 0.1) is 5.56 Å². The van der Waals surface area contributed by atoms with Gasteiger partial charge in [-0.3, -0.25) is 4.79 Å². The highest BCUT2D eigenvalue weighted by Gasteiger charge is 2.31. The van der Waals surface area contributed by atoms with Crippen LogP contribution in [0.3, 0.4) is 0 Å². The van der Waals surface area contributed by atoms with E-state index in [1.165, 1.54) is 0 Å². The summed E-state index contributed by atoms with van der Waals surface area (Å²) in [7, 11) is 0. The van der Waals surface area contributed by atoms with E-state index >= 15 is 0 Å². The second-order valence-electron chi connectivity index (χ2n) is 8.23. The molecule has 5 heteroatoms. The molecule has 0 bridgehead atoms. The van der Waals surface area contributed by atoms with Gasteiger partial charge in [0.2, 0.25) is 5.89 Å². The molecular formula is C28H24N2O3. The summed E-state index contributed by atoms with van der Waals surface area (Å²) in [6.07, 6.45) is 0. The first-order chi connectivity index (χ1) is 16.0. The van der Waals surface area contributed by atoms with Crippen LogP contribution >= 0.6 is 0 Å². The highest BCUT2D eigenvalue weighted by atomic mass is 16.4. The molecule has 2 aromatic carbocycles. The Kier molecular flexibility index (Phi) is 5.31. The zero-order chi connectivity index (χ0) is 22.9. The number of furan rings is 1. The number of nitrogens with one attached hydrogen (secondary N) is 1. The Hall–Kier alpha value is -4.12. The minimum atomic E-state index is -0.361. The first-order valence-corrected chi connectivity index (χ1v) is 10.9. The maximum Gasteiger partial charge on any atom is 0.257 e. The SMILES string of the molecule is Cc1cc(C)c(-c2nc(-c3ccccc3)oc2C(c2ccccc2)c2ccc(C)o2)c(=O)[nH]1. The second kappa shape index (κ2) is 8.43. The number of hydrogen-bond acceptors (Lipinski definition) is 4. The number of hydrogen-bond donors (Lipinski definition) is 1. The van der Waals surface area contributed by atoms with Gasteiger partial charge < -0.3 is 13.8 Å². The van der Waals surface area contributed by atoms with Crippen molar-refractivity contribution in [3.8, 4) is 22.7 Å². The van der Waals surface area contributed by atoms with E-state index in [0.717, 1.165) is 33.9 Å². The third-order valence-corrected chi connectivity index (χ3v) is 5.72. The largest absolute Gasteiger partial charge is 0.465 e. The molecule has 0 aliphatic heterocycles. The van der Waals surface area contributed by atoms with Crippen molar-refractivity contribution in [3.05, 3.63) is 123 Å². The van der Waals surface area contributed by atoms with E-state index in [4.69, 9.17) is 13.8 Å². The van der Waals surface area contributed by atoms with E-state index in [2.05, 4.69) is 4.98 Å². The van der Waals surface area contributed by atoms with E-state index in [9.17, 15) is 4.79 Å². The van der Waals surface area contributed by atoms with Crippen molar-refractivity contribution in [3.63, 3.8) is 0 Å². The molecule has 0 aliphatic carbocycles. The highest BCUT2D eigenvalue weighted by molar-refractivity contribution is 5.69. The Morgan fingerprint density at radius 1 is 0.848 bits per heavy atom. The lowest BCUT2D eigenvalue weighted by atomic mass is 9.91. The van der Waals surface area contributed by atoms with Gasteiger partial charge >= 0.3 is 0 Å². The summed E-state index contributed by atoms with van der Waals surface area (Å²) in [4.78, 5) is 20.9. The van der Waals surface area contributed by atoms with Crippen LogP contribution in [-0.4, -0.2) is 9.97 Å². The minimum Gasteiger partial charge on any atom is -0.465 e. The molecule has 5 nitrogen and oxygen atoms in total. The van der Waals surface area contributed by atoms with Crippen LogP contribution < -0.4 is 5.56 Å². The molecule has 0 fully saturated rings. The van der Waals surface area contributed by atoms with Crippen molar-refractivity contribution >= 4 is 0 Å². The molecule has 0 amide bonds. The van der Waals surface area contributed by atoms with Gasteiger partial charge in [0.25, 0.3) is 5.56 Å². The van der Waals surface area contributed by atoms with Crippen LogP contribution in [0.1, 0.15) is 40.0 Å². The molecule has 33 heavy (non-hydrogen) atoms. The Morgan fingerprint density at radius 3 is 2.18 bits per heavy atom. The standard InChI is InChI=1S/C28H24N2O3/c1-17-16-18(2)29-27(31)23(17)25-26(33-28(30-25)21-12-8-5-9-13-21)24(20-10-6-4-7-11-20)22-15-14-19(3)32-22/h4-16,24H,1-3H3,(H,29,31). The number of aromatic amines is 1. The molecule has 1 N–H and O–H groups in total. The molecule has 3 heterocycles. The quantitative estimate of drug-likeness (QED) is 0.346. The summed E-state index contributed by atoms with van der Waals surface area (Å²) in [5.74, 6) is 2.22. The van der Waals surface area contributed by atoms with Gasteiger partial charge in [-0.25, -0.2) is 4.98 Å². The summed E-state index contributed by atoms with van der Waals surface area (Å²) in [6.45, 7) is 5.71. The number of aromatic nitrogens is 2. The summed E-state index contributed by atoms with van der Waals surface area (Å²) in [5, 5.41) is 0. The average molecular weight is 437 g/mol. The van der Waals surface area contributed by atoms with Crippen molar-refractivity contribution in [1.82, 2.24) is 9.97 Å². The predicted octanol–water partition coefficient (Wildman–Crippen LogP) is 6.40. The number of pyridine rings is 1. The minimum absolute atomic E-state index is 0.191. The van der Waals surface area contributed by atoms with Gasteiger partial charge in [-0.05, 0) is 62.2 Å². The third kappa shape index (κ3) is 3.94. The van der Waals surface area contributed by atoms with Crippen molar-refractivity contribution in [1.29, 1.82) is 0 Å². The number of rotatable bonds is 5. The fraction of sp³-hybridized carbons (Fsp3) is 0.143. The lowest BCUT2D eigenvalue weighted by Gasteiger charge is -2.15. The zero-order valence-electron chi connectivity index (χ0n) is 18.8. The summed E-state index contributed by atoms with van der Waals surface area (Å²) >= 11 is 0. The van der Waals surface area contributed by atoms with Gasteiger partial charge in [-0.2, -0.15) is 0 Å². The number of H-pyrrole nitrogens is 1. The molecule has 0 spiro atoms. The number of nitrogens with zero attached hydrogens (tertiary/aromatic N) is 1. The first-order valence-electron chi connectivity index (χ1n) is 10.9. The maximum atomic E-state index is 13.1. The lowest BCUT2D eigenvalue weighted by molar-refractivity contribution is 0.441. The molecule has 5 aromatic rings. The van der Waals surface area contributed by atoms with Crippen LogP contribution in [0.4, 0.5) is 0 Å². The van der Waals surface area contributed by atoms with Crippen molar-refractivity contribution in [2.24, 2.45) is 0 Å². The van der Waals surface area contributed by atoms with Crippen LogP contribution in [0.2, 0.25) is 0 Å². The van der Waals surface area contributed by atoms with Gasteiger partial charge in [0, 0.05) is 11.3 Å². The molecule has 0 saturated carbocycles. The topological polar surface area (TPSA) is 72.0 Å². The lowest BCUT2D eigenvalue weighted by Crippen LogP contribution is -2.14. The highest BCUT2D eigenvalue weighted by Crippen LogP contribution is 2.40. The van der Waals surface area contributed by atoms with Gasteiger partial charge in [0.15, 0.2) is 0 Å². The second-order valence-corrected chi connectivity index (χ2v) is 8.23. The van der Waals surface area contributed by atoms with Gasteiger partial charge in [-0.15, -0.1) is 0 Å². The normalized spacial score (nSPS) is 12.1. The average Bonchev–Trinajstić information content (AvgIpc) is 3.42. The van der Waals surface area contributed by atoms with E-state index in [0.29, 0.717) is 22.9 Å². The van der Waals surface area contributed by atoms with Crippen LogP contribution in [0.25, 0.3) is 22.7 Å². The molecule has 5 rings (SSSR count). The molecule has 164 valence electrons. The van der Waals surface area contributed by atoms with Crippen molar-refractivity contribution < 1.29 is 8.83 Å². The molecule has 0 aliphatic rings. The number of benzene rings is 2. The summed E-state index contributed by atoms with van der Waals surface area (Å²) < 4.78 is 12.5. The van der Waals surface area contributed by atoms with Crippen LogP contribution in [0.15, 0.2) is 92.5 Å². The van der Waals surface area contributed by atoms with E-state index < -0.39 is 0 Å². The third-order valence-electron chi connectivity index (χ3n) is 5.72. The molecule has 0 saturated heterocycles. The Labute approximate surface area is 191 Å². The van der Waals surface area contributed by atoms with Gasteiger partial charge in [-0.1, -0.05) is 48.5 Å². The molecule has 1 atom stereocenters. The smallest absolute Gasteiger partial charge is 0.257 e. The zero-order valence-corrected chi connectivity index (χ0v) is 18.8. The fourth-order valence-corrected chi connectivity index (χ4v) is 4.26. The Bertz CT molecular complexity index is 1460. The van der Waals surface area contributed by atoms with Crippen molar-refractivity contribution in [2.75, 3.05) is 0 Å². The Morgan fingerprint density at radius 2 is 1.55 bits per heavy atom. The molecule has 0 radical (unpaired) electrons. The molecule has 1 unspecified atom stereocenters. The van der Waals surface area contributed by atoms with E-state index in [1.807, 2.05) is 99.6 Å². The first kappa shape index (κ1) is 20.8. The summed E-state index contributed by atoms with van der Waals surface area (Å²) in [5.41, 5.74) is 4.31. The van der Waals surface area contributed by atoms with Crippen molar-refractivity contribution in [2.45, 2.75) is 26.7 Å². The predicted molar refractivity (Wildman–Crippen MR) is 128 cm³/mol. The summed E-state index contributed by atoms with van der Waals surface area (Å²) in [6, 6.07) is 25.5. The van der Waals surface area contributed by atoms with Gasteiger partial charge in [0.1, 0.15) is 28.9 Å². The Balaban J connectivity index is 1.81. The maximum absolute atomic E-state index is 13.1. The van der Waals surface area contributed by atoms with Crippen LogP contribution in [0, 0.1) is 20.8 Å². The van der Waals surface area contributed by atoms with Crippen LogP contribution in [-0.2, 0) is 0 Å². The van der Waals surface area contributed by atoms with Crippen LogP contribution in [0.5, 0.6) is 0 Å². The van der Waals surface area contributed by atoms with E-state index in [1.54, 1.807) is 0 Å². The monoisotopic (exact) mass is 436 g/mol. The number of oxazole rings is 1. The van der Waals surface area contributed by atoms with E-state index in [-0.39, 0.29) is 11.5 Å².